The van der Waals surface area contributed by atoms with E-state index in [0.29, 0.717) is 25.4 Å². The van der Waals surface area contributed by atoms with Gasteiger partial charge >= 0.3 is 6.01 Å². The van der Waals surface area contributed by atoms with Gasteiger partial charge in [0.2, 0.25) is 15.9 Å². The lowest BCUT2D eigenvalue weighted by Crippen LogP contribution is -2.30. The Kier molecular flexibility index (Phi) is 7.03. The summed E-state index contributed by atoms with van der Waals surface area (Å²) in [6.45, 7) is 4.29. The summed E-state index contributed by atoms with van der Waals surface area (Å²) in [4.78, 5) is 12.6. The summed E-state index contributed by atoms with van der Waals surface area (Å²) in [6.07, 6.45) is 0.408. The fourth-order valence-electron chi connectivity index (χ4n) is 2.95. The molecule has 164 valence electrons. The number of carbonyl (C=O) groups is 1. The number of hydrogen-bond acceptors (Lipinski definition) is 7. The van der Waals surface area contributed by atoms with Crippen LogP contribution >= 0.6 is 0 Å². The summed E-state index contributed by atoms with van der Waals surface area (Å²) >= 11 is 0. The lowest BCUT2D eigenvalue weighted by molar-refractivity contribution is 0.102. The van der Waals surface area contributed by atoms with Gasteiger partial charge in [-0.3, -0.25) is 10.1 Å². The van der Waals surface area contributed by atoms with Crippen LogP contribution in [0.4, 0.5) is 6.01 Å². The van der Waals surface area contributed by atoms with E-state index in [1.54, 1.807) is 21.0 Å². The Morgan fingerprint density at radius 3 is 2.26 bits per heavy atom. The first-order valence-electron chi connectivity index (χ1n) is 9.74. The topological polar surface area (TPSA) is 115 Å². The van der Waals surface area contributed by atoms with Crippen LogP contribution < -0.4 is 10.1 Å². The van der Waals surface area contributed by atoms with Crippen LogP contribution in [0.15, 0.2) is 57.8 Å². The Balaban J connectivity index is 1.65. The van der Waals surface area contributed by atoms with E-state index >= 15 is 0 Å². The van der Waals surface area contributed by atoms with Crippen LogP contribution in [0, 0.1) is 0 Å². The normalized spacial score (nSPS) is 11.5. The molecule has 1 amide bonds. The number of ether oxygens (including phenoxy) is 1. The van der Waals surface area contributed by atoms with Crippen molar-refractivity contribution in [1.82, 2.24) is 14.5 Å². The van der Waals surface area contributed by atoms with Crippen LogP contribution in [0.25, 0.3) is 0 Å². The van der Waals surface area contributed by atoms with Gasteiger partial charge in [0.15, 0.2) is 0 Å². The predicted octanol–water partition coefficient (Wildman–Crippen LogP) is 2.95. The molecule has 10 heteroatoms. The van der Waals surface area contributed by atoms with E-state index in [-0.39, 0.29) is 16.5 Å². The number of nitrogens with one attached hydrogen (secondary N) is 1. The average molecular weight is 445 g/mol. The number of benzene rings is 2. The molecule has 0 aliphatic carbocycles. The fourth-order valence-corrected chi connectivity index (χ4v) is 4.41. The fraction of sp³-hybridized carbons (Fsp3) is 0.286. The number of sulfonamides is 1. The van der Waals surface area contributed by atoms with E-state index in [1.165, 1.54) is 28.6 Å². The highest BCUT2D eigenvalue weighted by atomic mass is 32.2. The van der Waals surface area contributed by atoms with E-state index in [9.17, 15) is 13.2 Å². The van der Waals surface area contributed by atoms with Gasteiger partial charge in [-0.2, -0.15) is 4.31 Å². The molecular weight excluding hydrogens is 420 g/mol. The molecule has 0 saturated heterocycles. The minimum Gasteiger partial charge on any atom is -0.497 e. The van der Waals surface area contributed by atoms with Gasteiger partial charge in [0.25, 0.3) is 5.91 Å². The summed E-state index contributed by atoms with van der Waals surface area (Å²) in [6, 6.07) is 13.1. The van der Waals surface area contributed by atoms with Crippen LogP contribution in [0.5, 0.6) is 5.75 Å². The quantitative estimate of drug-likeness (QED) is 0.539. The second-order valence-corrected chi connectivity index (χ2v) is 8.53. The zero-order chi connectivity index (χ0) is 22.4. The van der Waals surface area contributed by atoms with Crippen LogP contribution in [-0.4, -0.2) is 49.0 Å². The molecule has 1 N–H and O–H groups in total. The van der Waals surface area contributed by atoms with Gasteiger partial charge in [0.05, 0.1) is 18.4 Å². The largest absolute Gasteiger partial charge is 0.497 e. The number of methoxy groups -OCH3 is 1. The molecule has 0 fully saturated rings. The Hall–Kier alpha value is -3.24. The Morgan fingerprint density at radius 1 is 1.03 bits per heavy atom. The molecule has 0 aliphatic rings. The van der Waals surface area contributed by atoms with E-state index in [1.807, 2.05) is 24.3 Å². The van der Waals surface area contributed by atoms with E-state index in [2.05, 4.69) is 15.5 Å². The van der Waals surface area contributed by atoms with Gasteiger partial charge in [-0.05, 0) is 42.0 Å². The Morgan fingerprint density at radius 2 is 1.68 bits per heavy atom. The molecule has 9 nitrogen and oxygen atoms in total. The van der Waals surface area contributed by atoms with Crippen molar-refractivity contribution in [2.24, 2.45) is 0 Å². The molecule has 0 bridgehead atoms. The summed E-state index contributed by atoms with van der Waals surface area (Å²) in [5.74, 6) is 0.616. The van der Waals surface area contributed by atoms with E-state index < -0.39 is 15.9 Å². The highest BCUT2D eigenvalue weighted by Crippen LogP contribution is 2.18. The third kappa shape index (κ3) is 5.28. The lowest BCUT2D eigenvalue weighted by atomic mass is 10.1. The highest BCUT2D eigenvalue weighted by Gasteiger charge is 2.22. The molecule has 3 aromatic rings. The monoisotopic (exact) mass is 444 g/mol. The second kappa shape index (κ2) is 9.71. The molecule has 1 aromatic heterocycles. The van der Waals surface area contributed by atoms with Crippen LogP contribution in [-0.2, 0) is 16.4 Å². The molecule has 0 saturated carbocycles. The SMILES string of the molecule is CCN(CC)S(=O)(=O)c1ccc(C(=O)Nc2nnc(Cc3ccc(OC)cc3)o2)cc1. The van der Waals surface area contributed by atoms with E-state index in [4.69, 9.17) is 9.15 Å². The number of anilines is 1. The van der Waals surface area contributed by atoms with Crippen molar-refractivity contribution in [1.29, 1.82) is 0 Å². The zero-order valence-electron chi connectivity index (χ0n) is 17.5. The maximum atomic E-state index is 12.5. The lowest BCUT2D eigenvalue weighted by Gasteiger charge is -2.18. The van der Waals surface area contributed by atoms with Crippen molar-refractivity contribution >= 4 is 21.9 Å². The standard InChI is InChI=1S/C21H24N4O5S/c1-4-25(5-2)31(27,28)18-12-8-16(9-13-18)20(26)22-21-24-23-19(30-21)14-15-6-10-17(29-3)11-7-15/h6-13H,4-5,14H2,1-3H3,(H,22,24,26). The van der Waals surface area contributed by atoms with E-state index in [0.717, 1.165) is 11.3 Å². The highest BCUT2D eigenvalue weighted by molar-refractivity contribution is 7.89. The molecule has 31 heavy (non-hydrogen) atoms. The summed E-state index contributed by atoms with van der Waals surface area (Å²) < 4.78 is 37.0. The molecule has 0 unspecified atom stereocenters. The molecular formula is C21H24N4O5S. The van der Waals surface area contributed by atoms with Gasteiger partial charge < -0.3 is 9.15 Å². The van der Waals surface area contributed by atoms with Crippen molar-refractivity contribution in [3.05, 3.63) is 65.5 Å². The molecule has 0 atom stereocenters. The first kappa shape index (κ1) is 22.4. The van der Waals surface area contributed by atoms with Crippen LogP contribution in [0.3, 0.4) is 0 Å². The molecule has 1 heterocycles. The number of nitrogens with zero attached hydrogens (tertiary/aromatic N) is 3. The summed E-state index contributed by atoms with van der Waals surface area (Å²) in [5, 5.41) is 10.3. The Labute approximate surface area is 181 Å². The maximum absolute atomic E-state index is 12.5. The first-order valence-corrected chi connectivity index (χ1v) is 11.2. The minimum absolute atomic E-state index is 0.0339. The van der Waals surface area contributed by atoms with Crippen molar-refractivity contribution in [2.45, 2.75) is 25.2 Å². The smallest absolute Gasteiger partial charge is 0.322 e. The minimum atomic E-state index is -3.58. The number of aromatic nitrogens is 2. The molecule has 0 radical (unpaired) electrons. The van der Waals surface area contributed by atoms with Gasteiger partial charge in [0.1, 0.15) is 5.75 Å². The van der Waals surface area contributed by atoms with Gasteiger partial charge in [-0.1, -0.05) is 31.1 Å². The van der Waals surface area contributed by atoms with Crippen molar-refractivity contribution in [3.63, 3.8) is 0 Å². The molecule has 3 rings (SSSR count). The first-order chi connectivity index (χ1) is 14.9. The molecule has 0 aliphatic heterocycles. The third-order valence-electron chi connectivity index (χ3n) is 4.66. The van der Waals surface area contributed by atoms with Crippen LogP contribution in [0.1, 0.15) is 35.7 Å². The van der Waals surface area contributed by atoms with Crippen molar-refractivity contribution in [3.8, 4) is 5.75 Å². The predicted molar refractivity (Wildman–Crippen MR) is 115 cm³/mol. The number of rotatable bonds is 9. The molecule has 0 spiro atoms. The van der Waals surface area contributed by atoms with Crippen LogP contribution in [0.2, 0.25) is 0 Å². The second-order valence-electron chi connectivity index (χ2n) is 6.59. The number of hydrogen-bond donors (Lipinski definition) is 1. The summed E-state index contributed by atoms with van der Waals surface area (Å²) in [5.41, 5.74) is 1.22. The maximum Gasteiger partial charge on any atom is 0.322 e. The van der Waals surface area contributed by atoms with Gasteiger partial charge in [-0.25, -0.2) is 8.42 Å². The van der Waals surface area contributed by atoms with Gasteiger partial charge in [0, 0.05) is 18.7 Å². The van der Waals surface area contributed by atoms with Crippen molar-refractivity contribution < 1.29 is 22.4 Å². The number of carbonyl (C=O) groups excluding carboxylic acids is 1. The summed E-state index contributed by atoms with van der Waals surface area (Å²) in [7, 11) is -1.98. The molecule has 2 aromatic carbocycles. The average Bonchev–Trinajstić information content (AvgIpc) is 3.21. The Bertz CT molecular complexity index is 1120. The van der Waals surface area contributed by atoms with Crippen molar-refractivity contribution in [2.75, 3.05) is 25.5 Å². The zero-order valence-corrected chi connectivity index (χ0v) is 18.3. The number of amides is 1. The van der Waals surface area contributed by atoms with Gasteiger partial charge in [-0.15, -0.1) is 5.10 Å². The third-order valence-corrected chi connectivity index (χ3v) is 6.73.